The van der Waals surface area contributed by atoms with E-state index in [1.807, 2.05) is 6.07 Å². The maximum atomic E-state index is 13.3. The largest absolute Gasteiger partial charge is 0.497 e. The van der Waals surface area contributed by atoms with E-state index in [1.165, 1.54) is 26.4 Å². The second-order valence-corrected chi connectivity index (χ2v) is 9.83. The number of para-hydroxylation sites is 2. The van der Waals surface area contributed by atoms with E-state index in [0.29, 0.717) is 46.9 Å². The molecule has 0 radical (unpaired) electrons. The molecule has 0 aliphatic carbocycles. The zero-order chi connectivity index (χ0) is 27.1. The van der Waals surface area contributed by atoms with Crippen molar-refractivity contribution < 1.29 is 27.7 Å². The Hall–Kier alpha value is -4.13. The average molecular weight is 541 g/mol. The van der Waals surface area contributed by atoms with Gasteiger partial charge in [-0.1, -0.05) is 24.3 Å². The summed E-state index contributed by atoms with van der Waals surface area (Å²) in [5, 5.41) is 10.6. The van der Waals surface area contributed by atoms with Crippen molar-refractivity contribution in [2.24, 2.45) is 5.73 Å². The third-order valence-electron chi connectivity index (χ3n) is 5.58. The average Bonchev–Trinajstić information content (AvgIpc) is 2.93. The molecule has 0 amide bonds. The van der Waals surface area contributed by atoms with E-state index in [9.17, 15) is 8.42 Å². The van der Waals surface area contributed by atoms with Crippen LogP contribution in [0.2, 0.25) is 0 Å². The Bertz CT molecular complexity index is 1510. The first-order chi connectivity index (χ1) is 18.4. The Labute approximate surface area is 220 Å². The molecule has 0 unspecified atom stereocenters. The van der Waals surface area contributed by atoms with E-state index in [-0.39, 0.29) is 29.7 Å². The number of aromatic nitrogens is 2. The number of sulfonamides is 1. The fraction of sp³-hybridized carbons (Fsp3) is 0.231. The predicted octanol–water partition coefficient (Wildman–Crippen LogP) is 3.14. The maximum Gasteiger partial charge on any atom is 0.263 e. The number of anilines is 3. The minimum atomic E-state index is -4.01. The van der Waals surface area contributed by atoms with Crippen LogP contribution in [0, 0.1) is 0 Å². The van der Waals surface area contributed by atoms with E-state index in [0.717, 1.165) is 5.56 Å². The second-order valence-electron chi connectivity index (χ2n) is 8.15. The molecule has 0 saturated carbocycles. The van der Waals surface area contributed by atoms with Gasteiger partial charge in [-0.15, -0.1) is 0 Å². The number of hydrogen-bond donors (Lipinski definition) is 3. The van der Waals surface area contributed by atoms with E-state index in [2.05, 4.69) is 20.0 Å². The van der Waals surface area contributed by atoms with E-state index < -0.39 is 10.0 Å². The molecule has 3 aromatic carbocycles. The minimum absolute atomic E-state index is 0.00880. The lowest BCUT2D eigenvalue weighted by Gasteiger charge is -2.19. The molecule has 1 aromatic heterocycles. The van der Waals surface area contributed by atoms with Crippen molar-refractivity contribution >= 4 is 38.4 Å². The monoisotopic (exact) mass is 540 g/mol. The molecule has 0 aliphatic heterocycles. The summed E-state index contributed by atoms with van der Waals surface area (Å²) in [5.41, 5.74) is 7.93. The molecule has 1 heterocycles. The standard InChI is InChI=1S/C26H29N5O6S/c1-35-18-14-22(24(23(15-18)36-2)37-13-5-12-32)30-25-26(29-21-7-4-3-6-20(21)28-25)31-38(33,34)19-10-8-17(16-27)9-11-19/h3-4,6-11,14-15,32H,5,12-13,16,27H2,1-2H3,(H,28,30)(H,29,31)/p+1. The number of rotatable bonds is 12. The molecular formula is C26H30N5O6S+. The topological polar surface area (TPSA) is 161 Å². The summed E-state index contributed by atoms with van der Waals surface area (Å²) < 4.78 is 45.9. The highest BCUT2D eigenvalue weighted by molar-refractivity contribution is 7.92. The van der Waals surface area contributed by atoms with Crippen LogP contribution in [0.5, 0.6) is 17.2 Å². The van der Waals surface area contributed by atoms with Crippen LogP contribution in [0.25, 0.3) is 11.0 Å². The summed E-state index contributed by atoms with van der Waals surface area (Å²) in [6, 6.07) is 16.7. The molecule has 0 spiro atoms. The normalized spacial score (nSPS) is 11.3. The number of methoxy groups -OCH3 is 2. The van der Waals surface area contributed by atoms with Crippen LogP contribution in [0.1, 0.15) is 12.0 Å². The summed E-state index contributed by atoms with van der Waals surface area (Å²) in [7, 11) is -0.990. The van der Waals surface area contributed by atoms with E-state index in [1.54, 1.807) is 42.5 Å². The van der Waals surface area contributed by atoms with Gasteiger partial charge in [0.2, 0.25) is 0 Å². The molecule has 0 atom stereocenters. The number of ether oxygens (including phenoxy) is 3. The summed E-state index contributed by atoms with van der Waals surface area (Å²) in [6.45, 7) is 0.784. The molecule has 4 aromatic rings. The SMILES string of the molecule is COc1cc(Nc2nc3ccccc3nc2NS(=O)(=O)c2ccc(CN)cc2)c(OCCC[OH2+])c(OC)c1. The van der Waals surface area contributed by atoms with E-state index >= 15 is 0 Å². The van der Waals surface area contributed by atoms with Gasteiger partial charge < -0.3 is 30.4 Å². The molecule has 4 rings (SSSR count). The van der Waals surface area contributed by atoms with Gasteiger partial charge in [0, 0.05) is 18.7 Å². The van der Waals surface area contributed by atoms with Crippen molar-refractivity contribution in [3.05, 3.63) is 66.2 Å². The lowest BCUT2D eigenvalue weighted by Crippen LogP contribution is -2.16. The number of benzene rings is 3. The van der Waals surface area contributed by atoms with Gasteiger partial charge in [0.25, 0.3) is 10.0 Å². The zero-order valence-corrected chi connectivity index (χ0v) is 21.8. The molecule has 6 N–H and O–H groups in total. The molecule has 0 fully saturated rings. The molecule has 0 saturated heterocycles. The molecule has 200 valence electrons. The van der Waals surface area contributed by atoms with Gasteiger partial charge in [-0.05, 0) is 29.8 Å². The van der Waals surface area contributed by atoms with Crippen molar-refractivity contribution in [2.75, 3.05) is 37.5 Å². The zero-order valence-electron chi connectivity index (χ0n) is 21.0. The van der Waals surface area contributed by atoms with Gasteiger partial charge in [0.1, 0.15) is 12.4 Å². The first kappa shape index (κ1) is 26.9. The highest BCUT2D eigenvalue weighted by atomic mass is 32.2. The van der Waals surface area contributed by atoms with Crippen LogP contribution in [0.15, 0.2) is 65.6 Å². The van der Waals surface area contributed by atoms with Crippen LogP contribution < -0.4 is 30.0 Å². The number of fused-ring (bicyclic) bond motifs is 1. The van der Waals surface area contributed by atoms with Crippen LogP contribution in [-0.2, 0) is 16.6 Å². The predicted molar refractivity (Wildman–Crippen MR) is 146 cm³/mol. The minimum Gasteiger partial charge on any atom is -0.497 e. The van der Waals surface area contributed by atoms with E-state index in [4.69, 9.17) is 25.1 Å². The van der Waals surface area contributed by atoms with Gasteiger partial charge in [-0.2, -0.15) is 0 Å². The summed E-state index contributed by atoms with van der Waals surface area (Å²) in [4.78, 5) is 9.24. The number of nitrogens with two attached hydrogens (primary N) is 1. The van der Waals surface area contributed by atoms with Gasteiger partial charge in [0.15, 0.2) is 23.1 Å². The van der Waals surface area contributed by atoms with Gasteiger partial charge in [-0.25, -0.2) is 18.4 Å². The van der Waals surface area contributed by atoms with Crippen molar-refractivity contribution in [3.8, 4) is 17.2 Å². The lowest BCUT2D eigenvalue weighted by molar-refractivity contribution is 0.228. The number of hydrogen-bond acceptors (Lipinski definition) is 9. The summed E-state index contributed by atoms with van der Waals surface area (Å²) in [5.74, 6) is 1.38. The quantitative estimate of drug-likeness (QED) is 0.181. The Kier molecular flexibility index (Phi) is 8.46. The third kappa shape index (κ3) is 6.05. The van der Waals surface area contributed by atoms with Gasteiger partial charge in [-0.3, -0.25) is 4.72 Å². The third-order valence-corrected chi connectivity index (χ3v) is 6.93. The van der Waals surface area contributed by atoms with Crippen LogP contribution in [-0.4, -0.2) is 50.9 Å². The maximum absolute atomic E-state index is 13.3. The van der Waals surface area contributed by atoms with Crippen LogP contribution in [0.4, 0.5) is 17.3 Å². The second kappa shape index (κ2) is 11.9. The first-order valence-corrected chi connectivity index (χ1v) is 13.3. The molecule has 0 aliphatic rings. The molecule has 38 heavy (non-hydrogen) atoms. The number of nitrogens with one attached hydrogen (secondary N) is 2. The fourth-order valence-electron chi connectivity index (χ4n) is 3.61. The van der Waals surface area contributed by atoms with Gasteiger partial charge >= 0.3 is 0 Å². The Balaban J connectivity index is 1.80. The van der Waals surface area contributed by atoms with Crippen molar-refractivity contribution in [3.63, 3.8) is 0 Å². The Morgan fingerprint density at radius 1 is 0.947 bits per heavy atom. The number of nitrogens with zero attached hydrogens (tertiary/aromatic N) is 2. The van der Waals surface area contributed by atoms with Crippen molar-refractivity contribution in [1.29, 1.82) is 0 Å². The molecule has 0 bridgehead atoms. The lowest BCUT2D eigenvalue weighted by atomic mass is 10.2. The smallest absolute Gasteiger partial charge is 0.263 e. The summed E-state index contributed by atoms with van der Waals surface area (Å²) in [6.07, 6.45) is 0.512. The Morgan fingerprint density at radius 2 is 1.63 bits per heavy atom. The van der Waals surface area contributed by atoms with Crippen molar-refractivity contribution in [2.45, 2.75) is 17.9 Å². The highest BCUT2D eigenvalue weighted by Gasteiger charge is 2.21. The van der Waals surface area contributed by atoms with Crippen molar-refractivity contribution in [1.82, 2.24) is 9.97 Å². The highest BCUT2D eigenvalue weighted by Crippen LogP contribution is 2.42. The van der Waals surface area contributed by atoms with Gasteiger partial charge in [0.05, 0.1) is 48.9 Å². The molecule has 12 heteroatoms. The molecule has 11 nitrogen and oxygen atoms in total. The van der Waals surface area contributed by atoms with Crippen LogP contribution in [0.3, 0.4) is 0 Å². The molecular weight excluding hydrogens is 510 g/mol. The summed E-state index contributed by atoms with van der Waals surface area (Å²) >= 11 is 0. The fourth-order valence-corrected chi connectivity index (χ4v) is 4.62. The Morgan fingerprint density at radius 3 is 2.24 bits per heavy atom. The van der Waals surface area contributed by atoms with Crippen LogP contribution >= 0.6 is 0 Å². The first-order valence-electron chi connectivity index (χ1n) is 11.8.